The molecule has 2 heterocycles. The van der Waals surface area contributed by atoms with Crippen LogP contribution in [0.5, 0.6) is 0 Å². The van der Waals surface area contributed by atoms with E-state index in [-0.39, 0.29) is 50.1 Å². The maximum absolute atomic E-state index is 12.4. The average molecular weight is 576 g/mol. The maximum atomic E-state index is 12.4. The number of rotatable bonds is 5. The summed E-state index contributed by atoms with van der Waals surface area (Å²) in [4.78, 5) is 48.3. The number of esters is 3. The van der Waals surface area contributed by atoms with Crippen LogP contribution in [-0.2, 0) is 57.9 Å². The Hall–Kier alpha value is -1.69. The fourth-order valence-corrected chi connectivity index (χ4v) is 2.64. The molecule has 11 nitrogen and oxygen atoms in total. The normalized spacial score (nSPS) is 25.4. The summed E-state index contributed by atoms with van der Waals surface area (Å²) in [6, 6.07) is -0.754. The Morgan fingerprint density at radius 2 is 1.66 bits per heavy atom. The minimum Gasteiger partial charge on any atom is -1.00 e. The number of halogens is 1. The van der Waals surface area contributed by atoms with Crippen molar-refractivity contribution in [2.45, 2.75) is 45.3 Å². The van der Waals surface area contributed by atoms with E-state index in [4.69, 9.17) is 18.9 Å². The van der Waals surface area contributed by atoms with Gasteiger partial charge < -0.3 is 42.9 Å². The van der Waals surface area contributed by atoms with Gasteiger partial charge in [0.15, 0.2) is 18.4 Å². The molecule has 4 atom stereocenters. The Labute approximate surface area is 196 Å². The molecule has 1 fully saturated rings. The average Bonchev–Trinajstić information content (AvgIpc) is 2.87. The van der Waals surface area contributed by atoms with E-state index in [1.54, 1.807) is 0 Å². The fraction of sp³-hybridized carbons (Fsp3) is 0.562. The first-order chi connectivity index (χ1) is 12.6. The number of carbonyl (C=O) groups is 4. The van der Waals surface area contributed by atoms with E-state index in [0.717, 1.165) is 29.8 Å². The van der Waals surface area contributed by atoms with Gasteiger partial charge in [0.05, 0.1) is 6.20 Å². The molecule has 0 aromatic heterocycles. The first kappa shape index (κ1) is 27.3. The van der Waals surface area contributed by atoms with Crippen molar-refractivity contribution in [1.82, 2.24) is 9.80 Å². The quantitative estimate of drug-likeness (QED) is 0.111. The standard InChI is InChI=1S/C16H19N2O9.HI.Zn/c1-8(19)24-7-11-13(25-9(2)20)14(26-10(3)21)15(27-11)18-6-5-12(22)17(4)16(18)23;;/h6,11,13-15H,7H2,1-4H3;1H;/p-1/t11-,13-,14-,15-;;/m1../s1. The summed E-state index contributed by atoms with van der Waals surface area (Å²) in [6.07, 6.45) is -3.52. The molecule has 1 saturated heterocycles. The van der Waals surface area contributed by atoms with Gasteiger partial charge >= 0.3 is 23.9 Å². The predicted octanol–water partition coefficient (Wildman–Crippen LogP) is -3.11. The topological polar surface area (TPSA) is 132 Å². The Balaban J connectivity index is 0.00000392. The van der Waals surface area contributed by atoms with Crippen LogP contribution in [-0.4, -0.2) is 71.9 Å². The third-order valence-electron chi connectivity index (χ3n) is 3.75. The van der Waals surface area contributed by atoms with Crippen LogP contribution in [0.25, 0.3) is 0 Å². The fourth-order valence-electron chi connectivity index (χ4n) is 2.64. The van der Waals surface area contributed by atoms with Gasteiger partial charge in [-0.3, -0.25) is 29.3 Å². The Bertz CT molecular complexity index is 723. The summed E-state index contributed by atoms with van der Waals surface area (Å²) in [5.74, 6) is -2.65. The van der Waals surface area contributed by atoms with E-state index < -0.39 is 54.4 Å². The molecule has 0 unspecified atom stereocenters. The minimum absolute atomic E-state index is 0. The largest absolute Gasteiger partial charge is 1.00 e. The van der Waals surface area contributed by atoms with Crippen molar-refractivity contribution in [2.75, 3.05) is 13.7 Å². The Morgan fingerprint density at radius 3 is 2.17 bits per heavy atom. The molecule has 2 aliphatic heterocycles. The Morgan fingerprint density at radius 1 is 1.10 bits per heavy atom. The smallest absolute Gasteiger partial charge is 0.333 e. The van der Waals surface area contributed by atoms with Crippen LogP contribution in [0.1, 0.15) is 20.8 Å². The number of hydrogen-bond donors (Lipinski definition) is 0. The zero-order valence-electron chi connectivity index (χ0n) is 16.2. The van der Waals surface area contributed by atoms with Crippen molar-refractivity contribution in [3.8, 4) is 0 Å². The summed E-state index contributed by atoms with van der Waals surface area (Å²) in [6.45, 7) is 3.17. The minimum atomic E-state index is -1.23. The molecule has 0 aliphatic carbocycles. The van der Waals surface area contributed by atoms with Crippen LogP contribution >= 0.6 is 0 Å². The van der Waals surface area contributed by atoms with Crippen molar-refractivity contribution in [3.05, 3.63) is 17.8 Å². The molecular formula is C16H19IN2O9Zn-. The van der Waals surface area contributed by atoms with Crippen LogP contribution in [0.4, 0.5) is 4.79 Å². The molecule has 0 spiro atoms. The van der Waals surface area contributed by atoms with Gasteiger partial charge in [0.1, 0.15) is 12.7 Å². The van der Waals surface area contributed by atoms with Gasteiger partial charge in [-0.15, -0.1) is 0 Å². The number of amides is 2. The molecule has 0 N–H and O–H groups in total. The molecule has 0 aromatic rings. The van der Waals surface area contributed by atoms with E-state index in [1.807, 2.05) is 0 Å². The van der Waals surface area contributed by atoms with Crippen molar-refractivity contribution in [3.63, 3.8) is 0 Å². The third kappa shape index (κ3) is 6.66. The number of carbonyl (C=O) groups excluding carboxylic acids is 4. The maximum Gasteiger partial charge on any atom is 0.333 e. The first-order valence-corrected chi connectivity index (χ1v) is 7.95. The SMILES string of the molecule is CC(=O)OC[C@H]1O[C@@H](N2C=C=C([O])N(C)C2=O)[C@H](OC(C)=O)[C@@H]1OC(C)=O.[I-].[Zn]. The summed E-state index contributed by atoms with van der Waals surface area (Å²) in [5.41, 5.74) is 2.34. The molecule has 2 amide bonds. The third-order valence-corrected chi connectivity index (χ3v) is 3.75. The predicted molar refractivity (Wildman–Crippen MR) is 83.7 cm³/mol. The zero-order valence-corrected chi connectivity index (χ0v) is 21.4. The summed E-state index contributed by atoms with van der Waals surface area (Å²) < 4.78 is 21.0. The number of urea groups is 1. The molecule has 2 rings (SSSR count). The van der Waals surface area contributed by atoms with Gasteiger partial charge in [0.2, 0.25) is 0 Å². The van der Waals surface area contributed by atoms with Crippen LogP contribution in [0.2, 0.25) is 0 Å². The van der Waals surface area contributed by atoms with Crippen LogP contribution < -0.4 is 24.0 Å². The van der Waals surface area contributed by atoms with Crippen LogP contribution in [0.15, 0.2) is 17.8 Å². The van der Waals surface area contributed by atoms with E-state index in [9.17, 15) is 24.3 Å². The zero-order chi connectivity index (χ0) is 20.3. The molecule has 0 bridgehead atoms. The van der Waals surface area contributed by atoms with E-state index in [2.05, 4.69) is 5.73 Å². The monoisotopic (exact) mass is 574 g/mol. The molecule has 0 aromatic carbocycles. The number of nitrogens with zero attached hydrogens (tertiary/aromatic N) is 2. The molecule has 29 heavy (non-hydrogen) atoms. The number of ether oxygens (including phenoxy) is 4. The number of hydrogen-bond acceptors (Lipinski definition) is 8. The summed E-state index contributed by atoms with van der Waals surface area (Å²) in [7, 11) is 1.24. The molecule has 2 aliphatic rings. The van der Waals surface area contributed by atoms with Gasteiger partial charge in [-0.05, 0) is 5.73 Å². The summed E-state index contributed by atoms with van der Waals surface area (Å²) >= 11 is 0. The molecule has 0 saturated carbocycles. The second-order valence-electron chi connectivity index (χ2n) is 5.84. The van der Waals surface area contributed by atoms with Gasteiger partial charge in [-0.25, -0.2) is 4.79 Å². The molecule has 1 radical (unpaired) electrons. The van der Waals surface area contributed by atoms with E-state index >= 15 is 0 Å². The van der Waals surface area contributed by atoms with Crippen molar-refractivity contribution in [2.24, 2.45) is 0 Å². The van der Waals surface area contributed by atoms with Gasteiger partial charge in [0, 0.05) is 47.3 Å². The molecule has 13 heteroatoms. The van der Waals surface area contributed by atoms with Crippen molar-refractivity contribution in [1.29, 1.82) is 0 Å². The van der Waals surface area contributed by atoms with E-state index in [1.165, 1.54) is 14.0 Å². The summed E-state index contributed by atoms with van der Waals surface area (Å²) in [5, 5.41) is 11.6. The first-order valence-electron chi connectivity index (χ1n) is 7.95. The second-order valence-corrected chi connectivity index (χ2v) is 5.84. The van der Waals surface area contributed by atoms with Gasteiger partial charge in [-0.1, -0.05) is 0 Å². The van der Waals surface area contributed by atoms with Crippen molar-refractivity contribution >= 4 is 23.9 Å². The van der Waals surface area contributed by atoms with Crippen molar-refractivity contribution < 1.29 is 86.7 Å². The molecular weight excluding hydrogens is 556 g/mol. The van der Waals surface area contributed by atoms with Gasteiger partial charge in [0.25, 0.3) is 5.88 Å². The molecule has 157 valence electrons. The van der Waals surface area contributed by atoms with Crippen LogP contribution in [0, 0.1) is 0 Å². The van der Waals surface area contributed by atoms with Crippen LogP contribution in [0.3, 0.4) is 0 Å². The van der Waals surface area contributed by atoms with E-state index in [0.29, 0.717) is 0 Å². The van der Waals surface area contributed by atoms with Gasteiger partial charge in [-0.2, -0.15) is 0 Å². The second kappa shape index (κ2) is 11.5. The Kier molecular flexibility index (Phi) is 10.8.